The van der Waals surface area contributed by atoms with Gasteiger partial charge in [0.2, 0.25) is 0 Å². The van der Waals surface area contributed by atoms with E-state index >= 15 is 0 Å². The fraction of sp³-hybridized carbons (Fsp3) is 0.550. The predicted molar refractivity (Wildman–Crippen MR) is 122 cm³/mol. The zero-order valence-corrected chi connectivity index (χ0v) is 19.3. The van der Waals surface area contributed by atoms with Gasteiger partial charge in [-0.05, 0) is 30.5 Å². The normalized spacial score (nSPS) is 17.5. The summed E-state index contributed by atoms with van der Waals surface area (Å²) in [6.07, 6.45) is 6.34. The fourth-order valence-electron chi connectivity index (χ4n) is 4.11. The molecule has 2 heterocycles. The van der Waals surface area contributed by atoms with Crippen molar-refractivity contribution in [2.24, 2.45) is 12.0 Å². The van der Waals surface area contributed by atoms with Crippen molar-refractivity contribution in [2.45, 2.75) is 37.6 Å². The van der Waals surface area contributed by atoms with E-state index < -0.39 is 0 Å². The van der Waals surface area contributed by atoms with E-state index in [4.69, 9.17) is 9.47 Å². The first-order chi connectivity index (χ1) is 13.7. The molecule has 1 saturated carbocycles. The molecule has 2 aliphatic rings. The van der Waals surface area contributed by atoms with Crippen LogP contribution in [0.15, 0.2) is 29.5 Å². The van der Waals surface area contributed by atoms with E-state index in [0.717, 1.165) is 42.7 Å². The van der Waals surface area contributed by atoms with E-state index in [-0.39, 0.29) is 29.4 Å². The molecule has 1 aliphatic carbocycles. The van der Waals surface area contributed by atoms with Gasteiger partial charge in [-0.3, -0.25) is 9.67 Å². The number of aliphatic imine (C=N–C) groups is 1. The molecule has 8 nitrogen and oxygen atoms in total. The van der Waals surface area contributed by atoms with Crippen molar-refractivity contribution in [1.82, 2.24) is 25.4 Å². The summed E-state index contributed by atoms with van der Waals surface area (Å²) >= 11 is 0. The number of rotatable bonds is 5. The standard InChI is InChI=1S/C20H28N6O2.HI/c1-21-19(22-12-18-24-14-25-26(18)2)23-13-20(7-3-4-8-20)15-5-6-16-17(11-15)28-10-9-27-16;/h5-6,11,14H,3-4,7-10,12-13H2,1-2H3,(H2,21,22,23);1H. The molecule has 0 bridgehead atoms. The molecule has 2 aromatic rings. The maximum atomic E-state index is 5.81. The number of guanidine groups is 1. The highest BCUT2D eigenvalue weighted by atomic mass is 127. The number of halogens is 1. The molecular weight excluding hydrogens is 483 g/mol. The Balaban J connectivity index is 0.00000240. The van der Waals surface area contributed by atoms with Crippen LogP contribution >= 0.6 is 24.0 Å². The third kappa shape index (κ3) is 4.76. The molecule has 0 radical (unpaired) electrons. The first-order valence-corrected chi connectivity index (χ1v) is 9.88. The van der Waals surface area contributed by atoms with Crippen LogP contribution in [0, 0.1) is 0 Å². The van der Waals surface area contributed by atoms with Gasteiger partial charge in [0, 0.05) is 26.1 Å². The zero-order valence-electron chi connectivity index (χ0n) is 17.0. The van der Waals surface area contributed by atoms with Crippen LogP contribution < -0.4 is 20.1 Å². The van der Waals surface area contributed by atoms with Gasteiger partial charge in [-0.15, -0.1) is 24.0 Å². The number of nitrogens with one attached hydrogen (secondary N) is 2. The Morgan fingerprint density at radius 1 is 1.17 bits per heavy atom. The Kier molecular flexibility index (Phi) is 7.20. The number of nitrogens with zero attached hydrogens (tertiary/aromatic N) is 4. The van der Waals surface area contributed by atoms with Crippen LogP contribution in [0.2, 0.25) is 0 Å². The van der Waals surface area contributed by atoms with Crippen LogP contribution in [0.5, 0.6) is 11.5 Å². The highest BCUT2D eigenvalue weighted by Gasteiger charge is 2.36. The summed E-state index contributed by atoms with van der Waals surface area (Å²) in [6, 6.07) is 6.40. The molecule has 9 heteroatoms. The number of hydrogen-bond acceptors (Lipinski definition) is 5. The second kappa shape index (κ2) is 9.64. The molecule has 1 aromatic carbocycles. The van der Waals surface area contributed by atoms with Crippen LogP contribution in [0.3, 0.4) is 0 Å². The van der Waals surface area contributed by atoms with Gasteiger partial charge < -0.3 is 20.1 Å². The third-order valence-corrected chi connectivity index (χ3v) is 5.75. The van der Waals surface area contributed by atoms with Crippen molar-refractivity contribution in [3.63, 3.8) is 0 Å². The third-order valence-electron chi connectivity index (χ3n) is 5.75. The van der Waals surface area contributed by atoms with Gasteiger partial charge in [-0.1, -0.05) is 18.9 Å². The summed E-state index contributed by atoms with van der Waals surface area (Å²) in [5.74, 6) is 3.34. The zero-order chi connectivity index (χ0) is 19.4. The Morgan fingerprint density at radius 3 is 2.62 bits per heavy atom. The van der Waals surface area contributed by atoms with Gasteiger partial charge in [0.1, 0.15) is 25.4 Å². The minimum absolute atomic E-state index is 0. The summed E-state index contributed by atoms with van der Waals surface area (Å²) in [5.41, 5.74) is 1.39. The number of aryl methyl sites for hydroxylation is 1. The van der Waals surface area contributed by atoms with Crippen molar-refractivity contribution in [2.75, 3.05) is 26.8 Å². The van der Waals surface area contributed by atoms with Crippen LogP contribution in [-0.2, 0) is 19.0 Å². The van der Waals surface area contributed by atoms with Gasteiger partial charge in [0.25, 0.3) is 0 Å². The van der Waals surface area contributed by atoms with E-state index in [1.165, 1.54) is 18.4 Å². The predicted octanol–water partition coefficient (Wildman–Crippen LogP) is 2.38. The molecule has 1 aromatic heterocycles. The van der Waals surface area contributed by atoms with Crippen molar-refractivity contribution < 1.29 is 9.47 Å². The minimum Gasteiger partial charge on any atom is -0.486 e. The molecule has 0 unspecified atom stereocenters. The summed E-state index contributed by atoms with van der Waals surface area (Å²) in [4.78, 5) is 8.61. The van der Waals surface area contributed by atoms with Gasteiger partial charge in [-0.2, -0.15) is 5.10 Å². The van der Waals surface area contributed by atoms with E-state index in [9.17, 15) is 0 Å². The Morgan fingerprint density at radius 2 is 1.93 bits per heavy atom. The van der Waals surface area contributed by atoms with Crippen LogP contribution in [0.25, 0.3) is 0 Å². The van der Waals surface area contributed by atoms with Gasteiger partial charge in [-0.25, -0.2) is 4.98 Å². The van der Waals surface area contributed by atoms with Crippen LogP contribution in [-0.4, -0.2) is 47.5 Å². The lowest BCUT2D eigenvalue weighted by Gasteiger charge is -2.32. The van der Waals surface area contributed by atoms with Crippen molar-refractivity contribution >= 4 is 29.9 Å². The Labute approximate surface area is 188 Å². The second-order valence-corrected chi connectivity index (χ2v) is 7.43. The molecule has 1 fully saturated rings. The average Bonchev–Trinajstić information content (AvgIpc) is 3.37. The monoisotopic (exact) mass is 512 g/mol. The molecular formula is C20H29IN6O2. The highest BCUT2D eigenvalue weighted by Crippen LogP contribution is 2.43. The fourth-order valence-corrected chi connectivity index (χ4v) is 4.11. The van der Waals surface area contributed by atoms with E-state index in [2.05, 4.69) is 37.8 Å². The quantitative estimate of drug-likeness (QED) is 0.364. The molecule has 0 spiro atoms. The van der Waals surface area contributed by atoms with Crippen molar-refractivity contribution in [1.29, 1.82) is 0 Å². The summed E-state index contributed by atoms with van der Waals surface area (Å²) in [5, 5.41) is 10.9. The molecule has 0 atom stereocenters. The van der Waals surface area contributed by atoms with E-state index in [1.807, 2.05) is 13.1 Å². The molecule has 1 aliphatic heterocycles. The summed E-state index contributed by atoms with van der Waals surface area (Å²) in [6.45, 7) is 2.63. The maximum absolute atomic E-state index is 5.81. The Hall–Kier alpha value is -2.04. The lowest BCUT2D eigenvalue weighted by atomic mass is 9.78. The number of benzene rings is 1. The van der Waals surface area contributed by atoms with Crippen molar-refractivity contribution in [3.05, 3.63) is 35.9 Å². The maximum Gasteiger partial charge on any atom is 0.191 e. The number of aromatic nitrogens is 3. The lowest BCUT2D eigenvalue weighted by molar-refractivity contribution is 0.171. The molecule has 4 rings (SSSR count). The SMILES string of the molecule is CN=C(NCc1ncnn1C)NCC1(c2ccc3c(c2)OCCO3)CCCC1.I. The van der Waals surface area contributed by atoms with Crippen LogP contribution in [0.4, 0.5) is 0 Å². The number of fused-ring (bicyclic) bond motifs is 1. The first-order valence-electron chi connectivity index (χ1n) is 9.88. The van der Waals surface area contributed by atoms with E-state index in [1.54, 1.807) is 18.1 Å². The van der Waals surface area contributed by atoms with Crippen molar-refractivity contribution in [3.8, 4) is 11.5 Å². The molecule has 0 saturated heterocycles. The van der Waals surface area contributed by atoms with Gasteiger partial charge >= 0.3 is 0 Å². The first kappa shape index (κ1) is 21.7. The van der Waals surface area contributed by atoms with Crippen LogP contribution in [0.1, 0.15) is 37.1 Å². The molecule has 0 amide bonds. The molecule has 158 valence electrons. The van der Waals surface area contributed by atoms with Gasteiger partial charge in [0.15, 0.2) is 17.5 Å². The molecule has 29 heavy (non-hydrogen) atoms. The topological polar surface area (TPSA) is 85.6 Å². The number of hydrogen-bond donors (Lipinski definition) is 2. The smallest absolute Gasteiger partial charge is 0.191 e. The largest absolute Gasteiger partial charge is 0.486 e. The second-order valence-electron chi connectivity index (χ2n) is 7.43. The van der Waals surface area contributed by atoms with E-state index in [0.29, 0.717) is 19.8 Å². The lowest BCUT2D eigenvalue weighted by Crippen LogP contribution is -2.44. The Bertz CT molecular complexity index is 847. The summed E-state index contributed by atoms with van der Waals surface area (Å²) < 4.78 is 13.3. The average molecular weight is 512 g/mol. The minimum atomic E-state index is 0. The summed E-state index contributed by atoms with van der Waals surface area (Å²) in [7, 11) is 3.67. The number of ether oxygens (including phenoxy) is 2. The molecule has 2 N–H and O–H groups in total. The van der Waals surface area contributed by atoms with Gasteiger partial charge in [0.05, 0.1) is 6.54 Å². The highest BCUT2D eigenvalue weighted by molar-refractivity contribution is 14.0.